The summed E-state index contributed by atoms with van der Waals surface area (Å²) in [6, 6.07) is 16.1. The second-order valence-electron chi connectivity index (χ2n) is 7.22. The second-order valence-corrected chi connectivity index (χ2v) is 7.22. The van der Waals surface area contributed by atoms with E-state index < -0.39 is 5.91 Å². The molecule has 0 spiro atoms. The number of rotatable bonds is 6. The number of ether oxygens (including phenoxy) is 1. The predicted molar refractivity (Wildman–Crippen MR) is 123 cm³/mol. The van der Waals surface area contributed by atoms with Crippen LogP contribution in [0.5, 0.6) is 5.88 Å². The fourth-order valence-corrected chi connectivity index (χ4v) is 3.22. The highest BCUT2D eigenvalue weighted by Gasteiger charge is 2.12. The van der Waals surface area contributed by atoms with Crippen LogP contribution in [0.15, 0.2) is 66.9 Å². The van der Waals surface area contributed by atoms with Gasteiger partial charge in [-0.1, -0.05) is 24.3 Å². The molecular formula is C24H21N5O4. The zero-order chi connectivity index (χ0) is 23.4. The maximum Gasteiger partial charge on any atom is 0.267 e. The largest absolute Gasteiger partial charge is 0.480 e. The summed E-state index contributed by atoms with van der Waals surface area (Å²) in [5, 5.41) is 15.9. The number of aromatic nitrogens is 3. The van der Waals surface area contributed by atoms with E-state index >= 15 is 0 Å². The van der Waals surface area contributed by atoms with E-state index in [1.54, 1.807) is 48.2 Å². The Morgan fingerprint density at radius 3 is 2.76 bits per heavy atom. The molecule has 33 heavy (non-hydrogen) atoms. The van der Waals surface area contributed by atoms with E-state index in [0.717, 1.165) is 11.1 Å². The number of carbonyl (C=O) groups is 2. The van der Waals surface area contributed by atoms with Gasteiger partial charge < -0.3 is 10.1 Å². The summed E-state index contributed by atoms with van der Waals surface area (Å²) in [5.74, 6) is -0.464. The van der Waals surface area contributed by atoms with Gasteiger partial charge >= 0.3 is 0 Å². The molecule has 0 fully saturated rings. The third kappa shape index (κ3) is 4.89. The fourth-order valence-electron chi connectivity index (χ4n) is 3.22. The lowest BCUT2D eigenvalue weighted by Gasteiger charge is -2.10. The Balaban J connectivity index is 1.58. The molecule has 2 amide bonds. The van der Waals surface area contributed by atoms with E-state index in [0.29, 0.717) is 34.0 Å². The minimum atomic E-state index is -0.655. The van der Waals surface area contributed by atoms with Gasteiger partial charge in [-0.05, 0) is 48.4 Å². The van der Waals surface area contributed by atoms with Gasteiger partial charge in [0.25, 0.3) is 11.8 Å². The SMILES string of the molecule is COc1ccc2nc(-c3ccc(C)c(NC(=O)c4cccc(/C=C/C(=O)NO)c4)c3)cn2n1. The standard InChI is InChI=1S/C24H21N5O4/c1-15-6-8-17(20-14-29-21(25-20)9-11-23(27-29)33-2)13-19(15)26-24(31)18-5-3-4-16(12-18)7-10-22(30)28-32/h3-14,32H,1-2H3,(H,26,31)(H,28,30)/b10-7+. The number of nitrogens with zero attached hydrogens (tertiary/aromatic N) is 3. The van der Waals surface area contributed by atoms with E-state index in [9.17, 15) is 9.59 Å². The number of methoxy groups -OCH3 is 1. The Morgan fingerprint density at radius 2 is 1.97 bits per heavy atom. The van der Waals surface area contributed by atoms with Crippen LogP contribution in [0.1, 0.15) is 21.5 Å². The highest BCUT2D eigenvalue weighted by molar-refractivity contribution is 6.05. The van der Waals surface area contributed by atoms with Crippen molar-refractivity contribution in [3.8, 4) is 17.1 Å². The Hall–Kier alpha value is -4.50. The highest BCUT2D eigenvalue weighted by Crippen LogP contribution is 2.26. The molecule has 2 heterocycles. The Bertz CT molecular complexity index is 1380. The van der Waals surface area contributed by atoms with Gasteiger partial charge in [-0.3, -0.25) is 14.8 Å². The van der Waals surface area contributed by atoms with E-state index in [1.165, 1.54) is 17.6 Å². The number of hydrogen-bond acceptors (Lipinski definition) is 6. The van der Waals surface area contributed by atoms with Gasteiger partial charge in [0.05, 0.1) is 19.0 Å². The van der Waals surface area contributed by atoms with Crippen molar-refractivity contribution >= 4 is 29.2 Å². The third-order valence-corrected chi connectivity index (χ3v) is 4.97. The minimum absolute atomic E-state index is 0.293. The van der Waals surface area contributed by atoms with Crippen molar-refractivity contribution in [2.75, 3.05) is 12.4 Å². The molecule has 9 nitrogen and oxygen atoms in total. The molecule has 0 radical (unpaired) electrons. The molecule has 0 unspecified atom stereocenters. The number of carbonyl (C=O) groups excluding carboxylic acids is 2. The molecule has 9 heteroatoms. The molecular weight excluding hydrogens is 422 g/mol. The molecule has 166 valence electrons. The molecule has 2 aromatic carbocycles. The molecule has 0 atom stereocenters. The Morgan fingerprint density at radius 1 is 1.12 bits per heavy atom. The summed E-state index contributed by atoms with van der Waals surface area (Å²) >= 11 is 0. The number of imidazole rings is 1. The smallest absolute Gasteiger partial charge is 0.267 e. The van der Waals surface area contributed by atoms with Gasteiger partial charge in [-0.25, -0.2) is 15.0 Å². The molecule has 0 saturated carbocycles. The summed E-state index contributed by atoms with van der Waals surface area (Å²) in [4.78, 5) is 28.6. The zero-order valence-corrected chi connectivity index (χ0v) is 17.9. The zero-order valence-electron chi connectivity index (χ0n) is 17.9. The second kappa shape index (κ2) is 9.33. The summed E-state index contributed by atoms with van der Waals surface area (Å²) in [6.07, 6.45) is 4.47. The van der Waals surface area contributed by atoms with Crippen LogP contribution in [0.25, 0.3) is 23.0 Å². The van der Waals surface area contributed by atoms with Crippen molar-refractivity contribution in [3.05, 3.63) is 83.6 Å². The quantitative estimate of drug-likeness (QED) is 0.239. The lowest BCUT2D eigenvalue weighted by Crippen LogP contribution is -2.15. The highest BCUT2D eigenvalue weighted by atomic mass is 16.5. The number of aryl methyl sites for hydroxylation is 1. The summed E-state index contributed by atoms with van der Waals surface area (Å²) in [5.41, 5.74) is 6.35. The van der Waals surface area contributed by atoms with E-state index in [2.05, 4.69) is 15.4 Å². The average molecular weight is 443 g/mol. The normalized spacial score (nSPS) is 11.0. The van der Waals surface area contributed by atoms with Crippen molar-refractivity contribution in [1.29, 1.82) is 0 Å². The van der Waals surface area contributed by atoms with E-state index in [-0.39, 0.29) is 5.91 Å². The van der Waals surface area contributed by atoms with Crippen LogP contribution in [-0.4, -0.2) is 38.7 Å². The van der Waals surface area contributed by atoms with Crippen molar-refractivity contribution in [2.24, 2.45) is 0 Å². The fraction of sp³-hybridized carbons (Fsp3) is 0.0833. The number of nitrogens with one attached hydrogen (secondary N) is 2. The van der Waals surface area contributed by atoms with Crippen LogP contribution in [0.2, 0.25) is 0 Å². The number of amides is 2. The maximum atomic E-state index is 12.9. The number of hydrogen-bond donors (Lipinski definition) is 3. The predicted octanol–water partition coefficient (Wildman–Crippen LogP) is 3.48. The minimum Gasteiger partial charge on any atom is -0.480 e. The molecule has 0 aliphatic heterocycles. The monoisotopic (exact) mass is 443 g/mol. The number of fused-ring (bicyclic) bond motifs is 1. The van der Waals surface area contributed by atoms with Gasteiger partial charge in [0, 0.05) is 29.0 Å². The van der Waals surface area contributed by atoms with Crippen molar-refractivity contribution < 1.29 is 19.5 Å². The lowest BCUT2D eigenvalue weighted by molar-refractivity contribution is -0.124. The van der Waals surface area contributed by atoms with Gasteiger partial charge in [0.2, 0.25) is 5.88 Å². The third-order valence-electron chi connectivity index (χ3n) is 4.97. The Labute approximate surface area is 189 Å². The Kier molecular flexibility index (Phi) is 6.14. The molecule has 0 aliphatic carbocycles. The molecule has 3 N–H and O–H groups in total. The molecule has 4 aromatic rings. The van der Waals surface area contributed by atoms with E-state index in [1.807, 2.05) is 31.2 Å². The van der Waals surface area contributed by atoms with Crippen molar-refractivity contribution in [2.45, 2.75) is 6.92 Å². The maximum absolute atomic E-state index is 12.9. The van der Waals surface area contributed by atoms with Crippen LogP contribution in [0, 0.1) is 6.92 Å². The molecule has 0 aliphatic rings. The van der Waals surface area contributed by atoms with Crippen LogP contribution in [0.3, 0.4) is 0 Å². The van der Waals surface area contributed by atoms with Gasteiger partial charge in [0.15, 0.2) is 5.65 Å². The first-order valence-electron chi connectivity index (χ1n) is 10.0. The lowest BCUT2D eigenvalue weighted by atomic mass is 10.1. The van der Waals surface area contributed by atoms with Crippen LogP contribution in [0.4, 0.5) is 5.69 Å². The van der Waals surface area contributed by atoms with Gasteiger partial charge in [0.1, 0.15) is 0 Å². The van der Waals surface area contributed by atoms with Gasteiger partial charge in [-0.15, -0.1) is 5.10 Å². The average Bonchev–Trinajstić information content (AvgIpc) is 3.27. The van der Waals surface area contributed by atoms with E-state index in [4.69, 9.17) is 9.94 Å². The van der Waals surface area contributed by atoms with Crippen molar-refractivity contribution in [3.63, 3.8) is 0 Å². The van der Waals surface area contributed by atoms with Crippen molar-refractivity contribution in [1.82, 2.24) is 20.1 Å². The van der Waals surface area contributed by atoms with Crippen LogP contribution >= 0.6 is 0 Å². The number of benzene rings is 2. The molecule has 4 rings (SSSR count). The topological polar surface area (TPSA) is 118 Å². The first kappa shape index (κ1) is 21.7. The summed E-state index contributed by atoms with van der Waals surface area (Å²) < 4.78 is 6.80. The summed E-state index contributed by atoms with van der Waals surface area (Å²) in [7, 11) is 1.55. The van der Waals surface area contributed by atoms with Gasteiger partial charge in [-0.2, -0.15) is 0 Å². The van der Waals surface area contributed by atoms with Crippen LogP contribution in [-0.2, 0) is 4.79 Å². The van der Waals surface area contributed by atoms with Crippen LogP contribution < -0.4 is 15.5 Å². The molecule has 2 aromatic heterocycles. The first-order valence-corrected chi connectivity index (χ1v) is 10.0. The summed E-state index contributed by atoms with van der Waals surface area (Å²) in [6.45, 7) is 1.90. The first-order chi connectivity index (χ1) is 16.0. The molecule has 0 saturated heterocycles. The number of anilines is 1. The number of hydroxylamine groups is 1. The molecule has 0 bridgehead atoms.